The summed E-state index contributed by atoms with van der Waals surface area (Å²) in [4.78, 5) is 83.2. The van der Waals surface area contributed by atoms with Gasteiger partial charge in [-0.3, -0.25) is 32.9 Å². The molecule has 1 aliphatic heterocycles. The Morgan fingerprint density at radius 2 is 1.76 bits per heavy atom. The molecule has 3 rings (SSSR count). The first-order valence-corrected chi connectivity index (χ1v) is 18.8. The van der Waals surface area contributed by atoms with Gasteiger partial charge in [-0.2, -0.15) is 0 Å². The van der Waals surface area contributed by atoms with Crippen molar-refractivity contribution in [3.63, 3.8) is 0 Å². The molecule has 26 heteroatoms. The van der Waals surface area contributed by atoms with Gasteiger partial charge in [0.15, 0.2) is 17.7 Å². The van der Waals surface area contributed by atoms with Crippen molar-refractivity contribution in [3.8, 4) is 0 Å². The van der Waals surface area contributed by atoms with Crippen molar-refractivity contribution in [2.75, 3.05) is 37.8 Å². The number of nitrogens with zero attached hydrogens (tertiary/aromatic N) is 4. The SMILES string of the molecule is C[C@H](C(=O)O)C(=O)SCCNC(=O)CCNC(=O)[C@@H](O)C(C)(C)COP(=O)([O-])OP(=O)([O-])OC[C@H]1O[C@@H](n2cnc3c(N)ncnc32)[C@H](O)[C@@H]1O. The van der Waals surface area contributed by atoms with Gasteiger partial charge in [0.2, 0.25) is 16.9 Å². The van der Waals surface area contributed by atoms with Gasteiger partial charge in [0, 0.05) is 30.7 Å². The van der Waals surface area contributed by atoms with Gasteiger partial charge < -0.3 is 60.4 Å². The minimum Gasteiger partial charge on any atom is -0.756 e. The molecule has 51 heavy (non-hydrogen) atoms. The molecule has 2 aromatic heterocycles. The Morgan fingerprint density at radius 1 is 1.10 bits per heavy atom. The molecule has 1 aliphatic rings. The average Bonchev–Trinajstić information content (AvgIpc) is 3.60. The number of aliphatic hydroxyl groups is 3. The summed E-state index contributed by atoms with van der Waals surface area (Å²) in [6, 6.07) is 0. The second kappa shape index (κ2) is 17.6. The number of carboxylic acids is 1. The quantitative estimate of drug-likeness (QED) is 0.0424. The van der Waals surface area contributed by atoms with E-state index >= 15 is 0 Å². The minimum absolute atomic E-state index is 0.0233. The van der Waals surface area contributed by atoms with Gasteiger partial charge in [-0.25, -0.2) is 19.3 Å². The summed E-state index contributed by atoms with van der Waals surface area (Å²) in [6.07, 6.45) is -6.04. The molecule has 286 valence electrons. The predicted molar refractivity (Wildman–Crippen MR) is 169 cm³/mol. The van der Waals surface area contributed by atoms with Crippen molar-refractivity contribution in [2.24, 2.45) is 11.3 Å². The standard InChI is InChI=1S/C25H39N7O16P2S/c1-12(23(38)39)24(40)51-7-6-27-14(33)4-5-28-21(37)18(36)25(2,3)9-46-50(43,44)48-49(41,42)45-8-13-16(34)17(35)22(47-13)32-11-31-15-19(26)29-10-30-20(15)32/h10-13,16-18,22,34-36H,4-9H2,1-3H3,(H,27,33)(H,28,37)(H,38,39)(H,41,42)(H,43,44)(H2,26,29,30)/p-2/t12-,13-,16-,17-,18-,22-/m1/s1. The van der Waals surface area contributed by atoms with Crippen molar-refractivity contribution in [1.82, 2.24) is 30.2 Å². The number of aliphatic hydroxyl groups excluding tert-OH is 3. The molecule has 8 atom stereocenters. The Kier molecular flexibility index (Phi) is 14.6. The molecule has 3 heterocycles. The van der Waals surface area contributed by atoms with E-state index in [1.165, 1.54) is 31.7 Å². The average molecular weight is 786 g/mol. The third kappa shape index (κ3) is 11.7. The second-order valence-corrected chi connectivity index (χ2v) is 15.7. The Morgan fingerprint density at radius 3 is 2.43 bits per heavy atom. The largest absolute Gasteiger partial charge is 0.756 e. The zero-order chi connectivity index (χ0) is 38.3. The smallest absolute Gasteiger partial charge is 0.314 e. The number of anilines is 1. The first-order chi connectivity index (χ1) is 23.7. The summed E-state index contributed by atoms with van der Waals surface area (Å²) >= 11 is 0.736. The number of imidazole rings is 1. The highest BCUT2D eigenvalue weighted by molar-refractivity contribution is 8.13. The van der Waals surface area contributed by atoms with Gasteiger partial charge in [-0.1, -0.05) is 25.6 Å². The Hall–Kier alpha value is -3.12. The van der Waals surface area contributed by atoms with Crippen LogP contribution in [0, 0.1) is 11.3 Å². The van der Waals surface area contributed by atoms with Crippen LogP contribution in [0.2, 0.25) is 0 Å². The van der Waals surface area contributed by atoms with Crippen LogP contribution in [0.1, 0.15) is 33.4 Å². The van der Waals surface area contributed by atoms with Gasteiger partial charge in [0.25, 0.3) is 15.6 Å². The van der Waals surface area contributed by atoms with Crippen LogP contribution in [0.5, 0.6) is 0 Å². The summed E-state index contributed by atoms with van der Waals surface area (Å²) in [5, 5.41) is 44.3. The van der Waals surface area contributed by atoms with E-state index in [1.54, 1.807) is 0 Å². The molecule has 0 spiro atoms. The first-order valence-electron chi connectivity index (χ1n) is 14.8. The predicted octanol–water partition coefficient (Wildman–Crippen LogP) is -3.00. The molecule has 1 saturated heterocycles. The van der Waals surface area contributed by atoms with Crippen molar-refractivity contribution in [2.45, 2.75) is 57.8 Å². The molecule has 0 saturated carbocycles. The summed E-state index contributed by atoms with van der Waals surface area (Å²) in [5.74, 6) is -3.88. The molecule has 2 aromatic rings. The molecular formula is C25H37N7O16P2S-2. The number of carbonyl (C=O) groups is 4. The lowest BCUT2D eigenvalue weighted by Crippen LogP contribution is -2.46. The van der Waals surface area contributed by atoms with Crippen molar-refractivity contribution in [1.29, 1.82) is 0 Å². The number of phosphoric acid groups is 2. The van der Waals surface area contributed by atoms with Crippen LogP contribution in [0.15, 0.2) is 12.7 Å². The summed E-state index contributed by atoms with van der Waals surface area (Å²) in [7, 11) is -11.4. The normalized spacial score (nSPS) is 22.8. The number of carboxylic acid groups (broad SMARTS) is 1. The van der Waals surface area contributed by atoms with Crippen LogP contribution < -0.4 is 26.2 Å². The van der Waals surface area contributed by atoms with Gasteiger partial charge >= 0.3 is 5.97 Å². The van der Waals surface area contributed by atoms with Crippen LogP contribution in [0.25, 0.3) is 11.2 Å². The van der Waals surface area contributed by atoms with Gasteiger partial charge in [0.05, 0.1) is 19.5 Å². The molecule has 8 N–H and O–H groups in total. The number of nitrogens with two attached hydrogens (primary N) is 1. The maximum atomic E-state index is 12.4. The summed E-state index contributed by atoms with van der Waals surface area (Å²) < 4.78 is 44.6. The van der Waals surface area contributed by atoms with E-state index in [9.17, 15) is 53.4 Å². The van der Waals surface area contributed by atoms with E-state index in [1.807, 2.05) is 0 Å². The molecule has 2 amide bonds. The number of nitrogens with one attached hydrogen (secondary N) is 2. The molecular weight excluding hydrogens is 748 g/mol. The minimum atomic E-state index is -5.71. The van der Waals surface area contributed by atoms with E-state index in [4.69, 9.17) is 15.6 Å². The zero-order valence-electron chi connectivity index (χ0n) is 27.2. The van der Waals surface area contributed by atoms with Crippen molar-refractivity contribution in [3.05, 3.63) is 12.7 Å². The molecule has 0 aliphatic carbocycles. The highest BCUT2D eigenvalue weighted by Crippen LogP contribution is 2.56. The highest BCUT2D eigenvalue weighted by atomic mass is 32.2. The first kappa shape index (κ1) is 42.3. The van der Waals surface area contributed by atoms with Crippen LogP contribution in [-0.4, -0.2) is 119 Å². The van der Waals surface area contributed by atoms with Gasteiger partial charge in [-0.15, -0.1) is 0 Å². The number of thioether (sulfide) groups is 1. The number of phosphoric ester groups is 2. The summed E-state index contributed by atoms with van der Waals surface area (Å²) in [5.41, 5.74) is 4.38. The summed E-state index contributed by atoms with van der Waals surface area (Å²) in [6.45, 7) is 1.49. The van der Waals surface area contributed by atoms with Crippen molar-refractivity contribution < 1.29 is 76.6 Å². The highest BCUT2D eigenvalue weighted by Gasteiger charge is 2.45. The number of rotatable bonds is 19. The van der Waals surface area contributed by atoms with Crippen LogP contribution in [0.3, 0.4) is 0 Å². The number of ether oxygens (including phenoxy) is 1. The Labute approximate surface area is 293 Å². The number of aliphatic carboxylic acids is 1. The Balaban J connectivity index is 1.42. The lowest BCUT2D eigenvalue weighted by molar-refractivity contribution is -0.247. The Bertz CT molecular complexity index is 1680. The van der Waals surface area contributed by atoms with E-state index < -0.39 is 93.7 Å². The number of aromatic nitrogens is 4. The maximum Gasteiger partial charge on any atom is 0.314 e. The lowest BCUT2D eigenvalue weighted by atomic mass is 9.87. The number of nitrogen functional groups attached to an aromatic ring is 1. The van der Waals surface area contributed by atoms with E-state index in [0.29, 0.717) is 0 Å². The fraction of sp³-hybridized carbons (Fsp3) is 0.640. The number of amides is 2. The number of carbonyl (C=O) groups excluding carboxylic acids is 3. The van der Waals surface area contributed by atoms with Crippen molar-refractivity contribution >= 4 is 67.3 Å². The molecule has 23 nitrogen and oxygen atoms in total. The molecule has 2 unspecified atom stereocenters. The van der Waals surface area contributed by atoms with E-state index in [-0.39, 0.29) is 42.2 Å². The third-order valence-electron chi connectivity index (χ3n) is 7.22. The topological polar surface area (TPSA) is 360 Å². The zero-order valence-corrected chi connectivity index (χ0v) is 29.8. The van der Waals surface area contributed by atoms with Crippen LogP contribution in [0.4, 0.5) is 5.82 Å². The van der Waals surface area contributed by atoms with Crippen LogP contribution in [-0.2, 0) is 46.4 Å². The second-order valence-electron chi connectivity index (χ2n) is 11.7. The number of fused-ring (bicyclic) bond motifs is 1. The maximum absolute atomic E-state index is 12.4. The third-order valence-corrected chi connectivity index (χ3v) is 10.8. The van der Waals surface area contributed by atoms with E-state index in [2.05, 4.69) is 38.9 Å². The van der Waals surface area contributed by atoms with Gasteiger partial charge in [-0.05, 0) is 6.92 Å². The molecule has 0 bridgehead atoms. The fourth-order valence-corrected chi connectivity index (χ4v) is 7.15. The molecule has 0 aromatic carbocycles. The number of hydrogen-bond acceptors (Lipinski definition) is 20. The monoisotopic (exact) mass is 785 g/mol. The number of hydrogen-bond donors (Lipinski definition) is 7. The molecule has 0 radical (unpaired) electrons. The van der Waals surface area contributed by atoms with Crippen LogP contribution >= 0.6 is 27.4 Å². The molecule has 1 fully saturated rings. The van der Waals surface area contributed by atoms with E-state index in [0.717, 1.165) is 18.1 Å². The van der Waals surface area contributed by atoms with Gasteiger partial charge in [0.1, 0.15) is 42.2 Å². The fourth-order valence-electron chi connectivity index (χ4n) is 4.22. The lowest BCUT2D eigenvalue weighted by Gasteiger charge is -2.35.